The molecule has 2 amide bonds. The molecule has 1 spiro atoms. The number of benzene rings is 2. The summed E-state index contributed by atoms with van der Waals surface area (Å²) in [5.74, 6) is -0.248. The third-order valence-corrected chi connectivity index (χ3v) is 7.10. The predicted octanol–water partition coefficient (Wildman–Crippen LogP) is 3.24. The Hall–Kier alpha value is -2.77. The van der Waals surface area contributed by atoms with E-state index >= 15 is 0 Å². The number of hydrogen-bond acceptors (Lipinski definition) is 4. The first-order valence-electron chi connectivity index (χ1n) is 11.5. The quantitative estimate of drug-likeness (QED) is 0.800. The Labute approximate surface area is 188 Å². The topological polar surface area (TPSA) is 55.9 Å². The standard InChI is InChI=1S/C25H29FN4O2/c26-20-8-2-1-7-19(20)17-28-13-15-29(16-14-28)18-23(31)30-22-10-4-3-9-21(22)27-24(32)25(30)11-5-6-12-25/h1-4,7-10H,5-6,11-18H2,(H,27,32). The minimum atomic E-state index is -0.766. The van der Waals surface area contributed by atoms with E-state index in [1.807, 2.05) is 36.4 Å². The van der Waals surface area contributed by atoms with Gasteiger partial charge in [0.05, 0.1) is 17.9 Å². The molecule has 168 valence electrons. The summed E-state index contributed by atoms with van der Waals surface area (Å²) in [6.07, 6.45) is 3.31. The van der Waals surface area contributed by atoms with Crippen molar-refractivity contribution < 1.29 is 14.0 Å². The van der Waals surface area contributed by atoms with Crippen LogP contribution < -0.4 is 10.2 Å². The Kier molecular flexibility index (Phi) is 5.69. The summed E-state index contributed by atoms with van der Waals surface area (Å²) in [7, 11) is 0. The molecule has 0 aromatic heterocycles. The van der Waals surface area contributed by atoms with Crippen molar-refractivity contribution in [2.45, 2.75) is 37.8 Å². The van der Waals surface area contributed by atoms with Gasteiger partial charge in [0.1, 0.15) is 11.4 Å². The first-order chi connectivity index (χ1) is 15.6. The maximum absolute atomic E-state index is 14.0. The largest absolute Gasteiger partial charge is 0.322 e. The van der Waals surface area contributed by atoms with E-state index in [-0.39, 0.29) is 24.2 Å². The number of carbonyl (C=O) groups is 2. The number of para-hydroxylation sites is 2. The fourth-order valence-corrected chi connectivity index (χ4v) is 5.36. The highest BCUT2D eigenvalue weighted by Gasteiger charge is 2.52. The number of nitrogens with one attached hydrogen (secondary N) is 1. The third kappa shape index (κ3) is 3.80. The molecule has 1 saturated carbocycles. The molecule has 0 bridgehead atoms. The predicted molar refractivity (Wildman–Crippen MR) is 122 cm³/mol. The van der Waals surface area contributed by atoms with Gasteiger partial charge in [-0.2, -0.15) is 0 Å². The SMILES string of the molecule is O=C(CN1CCN(Cc2ccccc2F)CC1)N1c2ccccc2NC(=O)C12CCCC2. The average Bonchev–Trinajstić information content (AvgIpc) is 3.28. The first-order valence-corrected chi connectivity index (χ1v) is 11.5. The zero-order valence-corrected chi connectivity index (χ0v) is 18.2. The summed E-state index contributed by atoms with van der Waals surface area (Å²) in [6.45, 7) is 3.92. The zero-order chi connectivity index (χ0) is 22.1. The Morgan fingerprint density at radius 3 is 2.34 bits per heavy atom. The lowest BCUT2D eigenvalue weighted by Gasteiger charge is -2.45. The van der Waals surface area contributed by atoms with Crippen LogP contribution in [-0.2, 0) is 16.1 Å². The summed E-state index contributed by atoms with van der Waals surface area (Å²) in [6, 6.07) is 14.5. The molecule has 0 atom stereocenters. The fourth-order valence-electron chi connectivity index (χ4n) is 5.36. The van der Waals surface area contributed by atoms with Crippen molar-refractivity contribution in [3.63, 3.8) is 0 Å². The smallest absolute Gasteiger partial charge is 0.250 e. The van der Waals surface area contributed by atoms with Crippen LogP contribution in [0.15, 0.2) is 48.5 Å². The van der Waals surface area contributed by atoms with E-state index in [0.717, 1.165) is 44.7 Å². The Bertz CT molecular complexity index is 1010. The van der Waals surface area contributed by atoms with Gasteiger partial charge in [0.15, 0.2) is 0 Å². The summed E-state index contributed by atoms with van der Waals surface area (Å²) < 4.78 is 14.0. The van der Waals surface area contributed by atoms with Crippen LogP contribution in [0, 0.1) is 5.82 Å². The molecule has 2 heterocycles. The number of nitrogens with zero attached hydrogens (tertiary/aromatic N) is 3. The number of piperazine rings is 1. The monoisotopic (exact) mass is 436 g/mol. The Balaban J connectivity index is 1.27. The molecule has 1 saturated heterocycles. The highest BCUT2D eigenvalue weighted by atomic mass is 19.1. The summed E-state index contributed by atoms with van der Waals surface area (Å²) in [5, 5.41) is 3.03. The Morgan fingerprint density at radius 2 is 1.59 bits per heavy atom. The Morgan fingerprint density at radius 1 is 0.938 bits per heavy atom. The molecule has 0 radical (unpaired) electrons. The molecular formula is C25H29FN4O2. The number of hydrogen-bond donors (Lipinski definition) is 1. The zero-order valence-electron chi connectivity index (χ0n) is 18.2. The summed E-state index contributed by atoms with van der Waals surface area (Å²) in [5.41, 5.74) is 1.45. The van der Waals surface area contributed by atoms with Crippen molar-refractivity contribution in [3.05, 3.63) is 59.9 Å². The fraction of sp³-hybridized carbons (Fsp3) is 0.440. The van der Waals surface area contributed by atoms with Crippen LogP contribution in [0.4, 0.5) is 15.8 Å². The molecule has 1 N–H and O–H groups in total. The van der Waals surface area contributed by atoms with E-state index < -0.39 is 5.54 Å². The van der Waals surface area contributed by atoms with Gasteiger partial charge in [0.25, 0.3) is 5.91 Å². The lowest BCUT2D eigenvalue weighted by atomic mass is 9.89. The van der Waals surface area contributed by atoms with Gasteiger partial charge in [0.2, 0.25) is 5.91 Å². The third-order valence-electron chi connectivity index (χ3n) is 7.10. The molecule has 1 aliphatic carbocycles. The first kappa shape index (κ1) is 21.1. The van der Waals surface area contributed by atoms with Crippen molar-refractivity contribution in [3.8, 4) is 0 Å². The highest BCUT2D eigenvalue weighted by molar-refractivity contribution is 6.15. The van der Waals surface area contributed by atoms with Gasteiger partial charge in [-0.3, -0.25) is 24.3 Å². The lowest BCUT2D eigenvalue weighted by Crippen LogP contribution is -2.62. The van der Waals surface area contributed by atoms with Gasteiger partial charge in [-0.15, -0.1) is 0 Å². The highest BCUT2D eigenvalue weighted by Crippen LogP contribution is 2.45. The molecule has 32 heavy (non-hydrogen) atoms. The van der Waals surface area contributed by atoms with Crippen LogP contribution >= 0.6 is 0 Å². The van der Waals surface area contributed by atoms with Crippen LogP contribution in [0.2, 0.25) is 0 Å². The van der Waals surface area contributed by atoms with Gasteiger partial charge in [0, 0.05) is 38.3 Å². The molecule has 2 aromatic rings. The van der Waals surface area contributed by atoms with Crippen LogP contribution in [0.25, 0.3) is 0 Å². The van der Waals surface area contributed by atoms with Gasteiger partial charge < -0.3 is 5.32 Å². The van der Waals surface area contributed by atoms with E-state index in [4.69, 9.17) is 0 Å². The lowest BCUT2D eigenvalue weighted by molar-refractivity contribution is -0.128. The molecule has 7 heteroatoms. The van der Waals surface area contributed by atoms with Crippen LogP contribution in [-0.4, -0.2) is 59.9 Å². The van der Waals surface area contributed by atoms with Crippen molar-refractivity contribution in [1.29, 1.82) is 0 Å². The van der Waals surface area contributed by atoms with Crippen LogP contribution in [0.3, 0.4) is 0 Å². The summed E-state index contributed by atoms with van der Waals surface area (Å²) in [4.78, 5) is 32.8. The van der Waals surface area contributed by atoms with Gasteiger partial charge in [-0.25, -0.2) is 4.39 Å². The number of amides is 2. The van der Waals surface area contributed by atoms with E-state index in [1.165, 1.54) is 6.07 Å². The molecule has 0 unspecified atom stereocenters. The molecule has 2 aliphatic heterocycles. The minimum absolute atomic E-state index is 0.0169. The van der Waals surface area contributed by atoms with Crippen molar-refractivity contribution in [2.75, 3.05) is 42.9 Å². The van der Waals surface area contributed by atoms with Crippen LogP contribution in [0.5, 0.6) is 0 Å². The normalized spacial score (nSPS) is 20.9. The average molecular weight is 437 g/mol. The second kappa shape index (κ2) is 8.64. The van der Waals surface area contributed by atoms with Gasteiger partial charge in [-0.1, -0.05) is 43.2 Å². The minimum Gasteiger partial charge on any atom is -0.322 e. The molecular weight excluding hydrogens is 407 g/mol. The molecule has 3 aliphatic rings. The van der Waals surface area contributed by atoms with E-state index in [9.17, 15) is 14.0 Å². The van der Waals surface area contributed by atoms with E-state index in [1.54, 1.807) is 11.0 Å². The summed E-state index contributed by atoms with van der Waals surface area (Å²) >= 11 is 0. The second-order valence-electron chi connectivity index (χ2n) is 9.08. The van der Waals surface area contributed by atoms with Gasteiger partial charge in [-0.05, 0) is 31.0 Å². The van der Waals surface area contributed by atoms with E-state index in [2.05, 4.69) is 15.1 Å². The number of fused-ring (bicyclic) bond motifs is 1. The number of rotatable bonds is 4. The van der Waals surface area contributed by atoms with Crippen molar-refractivity contribution in [1.82, 2.24) is 9.80 Å². The maximum atomic E-state index is 14.0. The molecule has 2 aromatic carbocycles. The maximum Gasteiger partial charge on any atom is 0.250 e. The number of carbonyl (C=O) groups excluding carboxylic acids is 2. The van der Waals surface area contributed by atoms with Crippen molar-refractivity contribution in [2.24, 2.45) is 0 Å². The second-order valence-corrected chi connectivity index (χ2v) is 9.08. The van der Waals surface area contributed by atoms with Crippen molar-refractivity contribution >= 4 is 23.2 Å². The van der Waals surface area contributed by atoms with Crippen LogP contribution in [0.1, 0.15) is 31.2 Å². The number of halogens is 1. The van der Waals surface area contributed by atoms with Gasteiger partial charge >= 0.3 is 0 Å². The molecule has 6 nitrogen and oxygen atoms in total. The number of anilines is 2. The molecule has 2 fully saturated rings. The van der Waals surface area contributed by atoms with E-state index in [0.29, 0.717) is 30.6 Å². The molecule has 5 rings (SSSR count).